The van der Waals surface area contributed by atoms with Gasteiger partial charge in [0.05, 0.1) is 39.6 Å². The average Bonchev–Trinajstić information content (AvgIpc) is 3.17. The van der Waals surface area contributed by atoms with Gasteiger partial charge in [0.2, 0.25) is 0 Å². The van der Waals surface area contributed by atoms with Crippen molar-refractivity contribution in [1.82, 2.24) is 14.8 Å². The zero-order valence-corrected chi connectivity index (χ0v) is 16.0. The van der Waals surface area contributed by atoms with Crippen LogP contribution in [0, 0.1) is 0 Å². The SMILES string of the molecule is COc1ccc(S(C)(=O)=O)cc1Nc1nc2c(ccc3c2cnn3C)s1. The minimum atomic E-state index is -3.32. The van der Waals surface area contributed by atoms with Crippen molar-refractivity contribution in [1.29, 1.82) is 0 Å². The molecule has 0 aliphatic rings. The van der Waals surface area contributed by atoms with Gasteiger partial charge in [-0.25, -0.2) is 13.4 Å². The molecule has 1 N–H and O–H groups in total. The van der Waals surface area contributed by atoms with E-state index in [1.54, 1.807) is 23.0 Å². The summed E-state index contributed by atoms with van der Waals surface area (Å²) in [6, 6.07) is 8.73. The van der Waals surface area contributed by atoms with E-state index in [1.165, 1.54) is 30.8 Å². The molecule has 0 saturated carbocycles. The molecule has 0 amide bonds. The average molecular weight is 388 g/mol. The summed E-state index contributed by atoms with van der Waals surface area (Å²) in [6.45, 7) is 0. The molecule has 0 aliphatic carbocycles. The smallest absolute Gasteiger partial charge is 0.188 e. The van der Waals surface area contributed by atoms with Crippen molar-refractivity contribution in [2.45, 2.75) is 4.90 Å². The summed E-state index contributed by atoms with van der Waals surface area (Å²) in [6.07, 6.45) is 2.97. The van der Waals surface area contributed by atoms with Crippen LogP contribution >= 0.6 is 11.3 Å². The maximum atomic E-state index is 11.8. The molecule has 0 spiro atoms. The normalized spacial score (nSPS) is 12.0. The van der Waals surface area contributed by atoms with Gasteiger partial charge in [-0.3, -0.25) is 4.68 Å². The Balaban J connectivity index is 1.81. The van der Waals surface area contributed by atoms with E-state index in [-0.39, 0.29) is 4.90 Å². The van der Waals surface area contributed by atoms with Crippen LogP contribution in [0.25, 0.3) is 21.1 Å². The highest BCUT2D eigenvalue weighted by Crippen LogP contribution is 2.36. The molecule has 0 fully saturated rings. The van der Waals surface area contributed by atoms with E-state index >= 15 is 0 Å². The van der Waals surface area contributed by atoms with Crippen LogP contribution in [-0.4, -0.2) is 36.5 Å². The Morgan fingerprint density at radius 3 is 2.77 bits per heavy atom. The first-order valence-corrected chi connectivity index (χ1v) is 10.4. The summed E-state index contributed by atoms with van der Waals surface area (Å²) in [5.74, 6) is 0.545. The van der Waals surface area contributed by atoms with Crippen molar-refractivity contribution in [2.24, 2.45) is 7.05 Å². The van der Waals surface area contributed by atoms with Crippen LogP contribution in [0.5, 0.6) is 5.75 Å². The number of anilines is 2. The first-order valence-electron chi connectivity index (χ1n) is 7.73. The van der Waals surface area contributed by atoms with Crippen LogP contribution in [-0.2, 0) is 16.9 Å². The van der Waals surface area contributed by atoms with Crippen molar-refractivity contribution < 1.29 is 13.2 Å². The van der Waals surface area contributed by atoms with Crippen LogP contribution in [0.4, 0.5) is 10.8 Å². The molecule has 0 atom stereocenters. The van der Waals surface area contributed by atoms with E-state index in [2.05, 4.69) is 15.4 Å². The summed E-state index contributed by atoms with van der Waals surface area (Å²) < 4.78 is 31.8. The van der Waals surface area contributed by atoms with E-state index < -0.39 is 9.84 Å². The lowest BCUT2D eigenvalue weighted by atomic mass is 10.2. The second kappa shape index (κ2) is 5.96. The maximum Gasteiger partial charge on any atom is 0.188 e. The minimum absolute atomic E-state index is 0.219. The number of aromatic nitrogens is 3. The van der Waals surface area contributed by atoms with Crippen LogP contribution in [0.2, 0.25) is 0 Å². The monoisotopic (exact) mass is 388 g/mol. The number of methoxy groups -OCH3 is 1. The highest BCUT2D eigenvalue weighted by atomic mass is 32.2. The van der Waals surface area contributed by atoms with Gasteiger partial charge in [-0.1, -0.05) is 11.3 Å². The fourth-order valence-electron chi connectivity index (χ4n) is 2.80. The summed E-state index contributed by atoms with van der Waals surface area (Å²) >= 11 is 1.48. The summed E-state index contributed by atoms with van der Waals surface area (Å²) in [4.78, 5) is 4.88. The highest BCUT2D eigenvalue weighted by molar-refractivity contribution is 7.90. The van der Waals surface area contributed by atoms with E-state index in [1.807, 2.05) is 19.2 Å². The third-order valence-corrected chi connectivity index (χ3v) is 6.17. The van der Waals surface area contributed by atoms with Crippen LogP contribution < -0.4 is 10.1 Å². The second-order valence-electron chi connectivity index (χ2n) is 5.89. The number of nitrogens with zero attached hydrogens (tertiary/aromatic N) is 3. The molecule has 4 aromatic rings. The van der Waals surface area contributed by atoms with Crippen molar-refractivity contribution in [2.75, 3.05) is 18.7 Å². The standard InChI is InChI=1S/C17H16N4O3S2/c1-21-13-5-7-15-16(11(13)9-18-21)20-17(25-15)19-12-8-10(26(3,22)23)4-6-14(12)24-2/h4-9H,1-3H3,(H,19,20). The molecule has 26 heavy (non-hydrogen) atoms. The lowest BCUT2D eigenvalue weighted by Gasteiger charge is -2.10. The molecule has 2 aromatic heterocycles. The van der Waals surface area contributed by atoms with E-state index in [9.17, 15) is 8.42 Å². The largest absolute Gasteiger partial charge is 0.495 e. The molecular weight excluding hydrogens is 372 g/mol. The van der Waals surface area contributed by atoms with Gasteiger partial charge in [-0.05, 0) is 30.3 Å². The summed E-state index contributed by atoms with van der Waals surface area (Å²) in [7, 11) is 0.113. The number of hydrogen-bond donors (Lipinski definition) is 1. The number of hydrogen-bond acceptors (Lipinski definition) is 7. The first-order chi connectivity index (χ1) is 12.4. The van der Waals surface area contributed by atoms with Gasteiger partial charge in [0.1, 0.15) is 5.75 Å². The molecule has 0 aliphatic heterocycles. The fourth-order valence-corrected chi connectivity index (χ4v) is 4.35. The predicted octanol–water partition coefficient (Wildman–Crippen LogP) is 3.34. The molecule has 2 aromatic carbocycles. The van der Waals surface area contributed by atoms with E-state index in [0.717, 1.165) is 21.1 Å². The zero-order valence-electron chi connectivity index (χ0n) is 14.3. The molecule has 0 unspecified atom stereocenters. The maximum absolute atomic E-state index is 11.8. The molecule has 134 valence electrons. The van der Waals surface area contributed by atoms with Gasteiger partial charge in [0.25, 0.3) is 0 Å². The molecule has 0 radical (unpaired) electrons. The van der Waals surface area contributed by atoms with E-state index in [4.69, 9.17) is 4.74 Å². The number of rotatable bonds is 4. The number of nitrogens with one attached hydrogen (secondary N) is 1. The number of aryl methyl sites for hydroxylation is 1. The van der Waals surface area contributed by atoms with Crippen molar-refractivity contribution in [3.8, 4) is 5.75 Å². The molecule has 0 bridgehead atoms. The molecular formula is C17H16N4O3S2. The van der Waals surface area contributed by atoms with Gasteiger partial charge < -0.3 is 10.1 Å². The Bertz CT molecular complexity index is 1240. The number of sulfone groups is 1. The first kappa shape index (κ1) is 16.8. The number of fused-ring (bicyclic) bond motifs is 3. The minimum Gasteiger partial charge on any atom is -0.495 e. The number of benzene rings is 2. The second-order valence-corrected chi connectivity index (χ2v) is 8.94. The zero-order chi connectivity index (χ0) is 18.5. The van der Waals surface area contributed by atoms with Crippen LogP contribution in [0.3, 0.4) is 0 Å². The topological polar surface area (TPSA) is 86.1 Å². The molecule has 0 saturated heterocycles. The Kier molecular flexibility index (Phi) is 3.85. The Labute approximate surface area is 154 Å². The van der Waals surface area contributed by atoms with Crippen molar-refractivity contribution >= 4 is 53.1 Å². The molecule has 9 heteroatoms. The van der Waals surface area contributed by atoms with Crippen LogP contribution in [0.15, 0.2) is 41.4 Å². The third-order valence-electron chi connectivity index (χ3n) is 4.13. The molecule has 4 rings (SSSR count). The van der Waals surface area contributed by atoms with Gasteiger partial charge in [-0.15, -0.1) is 0 Å². The van der Waals surface area contributed by atoms with Gasteiger partial charge in [0, 0.05) is 18.7 Å². The van der Waals surface area contributed by atoms with Gasteiger partial charge >= 0.3 is 0 Å². The van der Waals surface area contributed by atoms with Crippen LogP contribution in [0.1, 0.15) is 0 Å². The third kappa shape index (κ3) is 2.78. The van der Waals surface area contributed by atoms with Crippen molar-refractivity contribution in [3.63, 3.8) is 0 Å². The lowest BCUT2D eigenvalue weighted by Crippen LogP contribution is -2.00. The summed E-state index contributed by atoms with van der Waals surface area (Å²) in [5.41, 5.74) is 2.42. The number of ether oxygens (including phenoxy) is 1. The van der Waals surface area contributed by atoms with E-state index in [0.29, 0.717) is 16.6 Å². The van der Waals surface area contributed by atoms with Crippen molar-refractivity contribution in [3.05, 3.63) is 36.5 Å². The highest BCUT2D eigenvalue weighted by Gasteiger charge is 2.14. The Morgan fingerprint density at radius 2 is 2.04 bits per heavy atom. The predicted molar refractivity (Wildman–Crippen MR) is 103 cm³/mol. The summed E-state index contributed by atoms with van der Waals surface area (Å²) in [5, 5.41) is 9.10. The Hall–Kier alpha value is -2.65. The molecule has 2 heterocycles. The quantitative estimate of drug-likeness (QED) is 0.577. The van der Waals surface area contributed by atoms with Gasteiger partial charge in [-0.2, -0.15) is 5.10 Å². The number of thiazole rings is 1. The molecule has 7 nitrogen and oxygen atoms in total. The Morgan fingerprint density at radius 1 is 1.23 bits per heavy atom. The van der Waals surface area contributed by atoms with Gasteiger partial charge in [0.15, 0.2) is 15.0 Å². The lowest BCUT2D eigenvalue weighted by molar-refractivity contribution is 0.416. The fraction of sp³-hybridized carbons (Fsp3) is 0.176.